The lowest BCUT2D eigenvalue weighted by Crippen LogP contribution is -1.83. The van der Waals surface area contributed by atoms with Gasteiger partial charge in [-0.1, -0.05) is 6.58 Å². The van der Waals surface area contributed by atoms with Gasteiger partial charge in [-0.25, -0.2) is 0 Å². The molecule has 0 aromatic carbocycles. The molecule has 0 saturated heterocycles. The summed E-state index contributed by atoms with van der Waals surface area (Å²) in [5, 5.41) is 2.90. The maximum Gasteiger partial charge on any atom is 0.107 e. The zero-order chi connectivity index (χ0) is 5.82. The van der Waals surface area contributed by atoms with Gasteiger partial charge in [0.2, 0.25) is 0 Å². The molecule has 0 unspecified atom stereocenters. The molecule has 0 atom stereocenters. The van der Waals surface area contributed by atoms with E-state index in [4.69, 9.17) is 0 Å². The van der Waals surface area contributed by atoms with Crippen molar-refractivity contribution in [2.45, 2.75) is 0 Å². The molecule has 1 heterocycles. The Kier molecular flexibility index (Phi) is 1.37. The van der Waals surface area contributed by atoms with E-state index < -0.39 is 0 Å². The van der Waals surface area contributed by atoms with Gasteiger partial charge in [-0.15, -0.1) is 0 Å². The van der Waals surface area contributed by atoms with Crippen LogP contribution < -0.4 is 5.32 Å². The van der Waals surface area contributed by atoms with Crippen molar-refractivity contribution in [1.82, 2.24) is 4.98 Å². The van der Waals surface area contributed by atoms with Crippen LogP contribution in [0.1, 0.15) is 0 Å². The van der Waals surface area contributed by atoms with Gasteiger partial charge in [-0.3, -0.25) is 0 Å². The van der Waals surface area contributed by atoms with E-state index in [1.54, 1.807) is 6.20 Å². The quantitative estimate of drug-likeness (QED) is 0.591. The Hall–Kier alpha value is -1.18. The minimum Gasteiger partial charge on any atom is -0.349 e. The van der Waals surface area contributed by atoms with E-state index in [2.05, 4.69) is 16.9 Å². The summed E-state index contributed by atoms with van der Waals surface area (Å²) in [6, 6.07) is 3.85. The largest absolute Gasteiger partial charge is 0.349 e. The summed E-state index contributed by atoms with van der Waals surface area (Å²) in [6.07, 6.45) is 3.48. The molecule has 2 N–H and O–H groups in total. The summed E-state index contributed by atoms with van der Waals surface area (Å²) in [7, 11) is 0. The van der Waals surface area contributed by atoms with Gasteiger partial charge in [-0.05, 0) is 18.3 Å². The lowest BCUT2D eigenvalue weighted by atomic mass is 10.6. The number of hydrogen-bond acceptors (Lipinski definition) is 1. The van der Waals surface area contributed by atoms with Gasteiger partial charge in [0, 0.05) is 6.20 Å². The van der Waals surface area contributed by atoms with Gasteiger partial charge in [0.25, 0.3) is 0 Å². The van der Waals surface area contributed by atoms with Crippen LogP contribution in [0.2, 0.25) is 0 Å². The van der Waals surface area contributed by atoms with Crippen LogP contribution in [0.3, 0.4) is 0 Å². The van der Waals surface area contributed by atoms with E-state index in [0.717, 1.165) is 5.82 Å². The molecule has 0 bridgehead atoms. The summed E-state index contributed by atoms with van der Waals surface area (Å²) in [5.41, 5.74) is 0. The molecule has 1 aromatic rings. The second-order valence-electron chi connectivity index (χ2n) is 1.43. The van der Waals surface area contributed by atoms with Crippen molar-refractivity contribution in [3.05, 3.63) is 31.1 Å². The average molecular weight is 108 g/mol. The van der Waals surface area contributed by atoms with Crippen molar-refractivity contribution in [2.24, 2.45) is 0 Å². The fourth-order valence-corrected chi connectivity index (χ4v) is 0.530. The first-order chi connectivity index (χ1) is 3.93. The number of nitrogens with one attached hydrogen (secondary N) is 2. The summed E-state index contributed by atoms with van der Waals surface area (Å²) in [6.45, 7) is 3.50. The number of rotatable bonds is 2. The Bertz CT molecular complexity index is 153. The van der Waals surface area contributed by atoms with E-state index in [1.165, 1.54) is 0 Å². The van der Waals surface area contributed by atoms with Crippen LogP contribution in [0, 0.1) is 0 Å². The van der Waals surface area contributed by atoms with Crippen LogP contribution in [0.5, 0.6) is 0 Å². The zero-order valence-electron chi connectivity index (χ0n) is 4.52. The standard InChI is InChI=1S/C6H8N2/c1-2-7-6-4-3-5-8-6/h2-5,7-8H,1H2. The van der Waals surface area contributed by atoms with E-state index >= 15 is 0 Å². The summed E-state index contributed by atoms with van der Waals surface area (Å²) >= 11 is 0. The maximum atomic E-state index is 3.50. The van der Waals surface area contributed by atoms with Gasteiger partial charge in [0.05, 0.1) is 0 Å². The first kappa shape index (κ1) is 4.97. The molecule has 8 heavy (non-hydrogen) atoms. The van der Waals surface area contributed by atoms with Gasteiger partial charge in [-0.2, -0.15) is 0 Å². The molecule has 0 radical (unpaired) electrons. The zero-order valence-corrected chi connectivity index (χ0v) is 4.52. The van der Waals surface area contributed by atoms with Crippen LogP contribution in [-0.2, 0) is 0 Å². The van der Waals surface area contributed by atoms with Gasteiger partial charge in [0.15, 0.2) is 0 Å². The van der Waals surface area contributed by atoms with Crippen molar-refractivity contribution < 1.29 is 0 Å². The molecule has 0 fully saturated rings. The summed E-state index contributed by atoms with van der Waals surface area (Å²) in [5.74, 6) is 0.972. The van der Waals surface area contributed by atoms with Crippen molar-refractivity contribution in [2.75, 3.05) is 5.32 Å². The Morgan fingerprint density at radius 1 is 1.75 bits per heavy atom. The van der Waals surface area contributed by atoms with E-state index in [9.17, 15) is 0 Å². The van der Waals surface area contributed by atoms with Crippen molar-refractivity contribution in [3.8, 4) is 0 Å². The Balaban J connectivity index is 2.62. The third-order valence-corrected chi connectivity index (χ3v) is 0.856. The SMILES string of the molecule is C=CNc1ccc[nH]1. The number of H-pyrrole nitrogens is 1. The molecular formula is C6H8N2. The Morgan fingerprint density at radius 3 is 3.12 bits per heavy atom. The predicted molar refractivity (Wildman–Crippen MR) is 34.6 cm³/mol. The third-order valence-electron chi connectivity index (χ3n) is 0.856. The maximum absolute atomic E-state index is 3.50. The fourth-order valence-electron chi connectivity index (χ4n) is 0.530. The highest BCUT2D eigenvalue weighted by Gasteiger charge is 1.80. The molecule has 2 nitrogen and oxygen atoms in total. The first-order valence-electron chi connectivity index (χ1n) is 2.44. The number of aromatic amines is 1. The third kappa shape index (κ3) is 0.904. The predicted octanol–water partition coefficient (Wildman–Crippen LogP) is 1.57. The molecule has 0 aliphatic rings. The van der Waals surface area contributed by atoms with Crippen LogP contribution >= 0.6 is 0 Å². The van der Waals surface area contributed by atoms with Crippen molar-refractivity contribution in [1.29, 1.82) is 0 Å². The first-order valence-corrected chi connectivity index (χ1v) is 2.44. The van der Waals surface area contributed by atoms with Crippen LogP contribution in [-0.4, -0.2) is 4.98 Å². The topological polar surface area (TPSA) is 27.8 Å². The Labute approximate surface area is 48.2 Å². The highest BCUT2D eigenvalue weighted by Crippen LogP contribution is 1.98. The van der Waals surface area contributed by atoms with Gasteiger partial charge in [0.1, 0.15) is 5.82 Å². The highest BCUT2D eigenvalue weighted by atomic mass is 15.0. The van der Waals surface area contributed by atoms with Gasteiger partial charge >= 0.3 is 0 Å². The monoisotopic (exact) mass is 108 g/mol. The van der Waals surface area contributed by atoms with E-state index in [-0.39, 0.29) is 0 Å². The number of aromatic nitrogens is 1. The van der Waals surface area contributed by atoms with Crippen LogP contribution in [0.25, 0.3) is 0 Å². The van der Waals surface area contributed by atoms with Gasteiger partial charge < -0.3 is 10.3 Å². The summed E-state index contributed by atoms with van der Waals surface area (Å²) < 4.78 is 0. The molecule has 0 saturated carbocycles. The average Bonchev–Trinajstić information content (AvgIpc) is 2.19. The molecule has 0 aliphatic heterocycles. The molecule has 0 amide bonds. The molecule has 0 aliphatic carbocycles. The lowest BCUT2D eigenvalue weighted by molar-refractivity contribution is 1.38. The molecule has 0 spiro atoms. The van der Waals surface area contributed by atoms with Crippen LogP contribution in [0.4, 0.5) is 5.82 Å². The molecule has 1 aromatic heterocycles. The highest BCUT2D eigenvalue weighted by molar-refractivity contribution is 5.36. The van der Waals surface area contributed by atoms with Crippen molar-refractivity contribution >= 4 is 5.82 Å². The second kappa shape index (κ2) is 2.21. The number of hydrogen-bond donors (Lipinski definition) is 2. The van der Waals surface area contributed by atoms with Crippen LogP contribution in [0.15, 0.2) is 31.1 Å². The minimum atomic E-state index is 0.972. The minimum absolute atomic E-state index is 0.972. The fraction of sp³-hybridized carbons (Fsp3) is 0. The number of anilines is 1. The van der Waals surface area contributed by atoms with E-state index in [0.29, 0.717) is 0 Å². The summed E-state index contributed by atoms with van der Waals surface area (Å²) in [4.78, 5) is 2.96. The second-order valence-corrected chi connectivity index (χ2v) is 1.43. The van der Waals surface area contributed by atoms with Crippen molar-refractivity contribution in [3.63, 3.8) is 0 Å². The normalized spacial score (nSPS) is 8.50. The lowest BCUT2D eigenvalue weighted by Gasteiger charge is -1.90. The smallest absolute Gasteiger partial charge is 0.107 e. The molecule has 42 valence electrons. The van der Waals surface area contributed by atoms with E-state index in [1.807, 2.05) is 18.3 Å². The Morgan fingerprint density at radius 2 is 2.62 bits per heavy atom. The molecule has 1 rings (SSSR count). The molecular weight excluding hydrogens is 100 g/mol. The molecule has 2 heteroatoms.